The standard InChI is InChI=1S/C16H17BrN6O2/c1-9-5-10(2)22(21-9)16-20-19-11(3)23(16)18-8-12-6-13(17)7-14(25-4)15(12)24/h5-8,24H,1-4H3/b18-8+. The molecule has 0 aliphatic rings. The van der Waals surface area contributed by atoms with Crippen molar-refractivity contribution >= 4 is 22.1 Å². The van der Waals surface area contributed by atoms with Crippen molar-refractivity contribution in [3.63, 3.8) is 0 Å². The van der Waals surface area contributed by atoms with Gasteiger partial charge in [0.25, 0.3) is 5.95 Å². The number of nitrogens with zero attached hydrogens (tertiary/aromatic N) is 6. The summed E-state index contributed by atoms with van der Waals surface area (Å²) >= 11 is 3.39. The third-order valence-electron chi connectivity index (χ3n) is 3.58. The van der Waals surface area contributed by atoms with E-state index in [1.165, 1.54) is 13.3 Å². The summed E-state index contributed by atoms with van der Waals surface area (Å²) in [5.41, 5.74) is 2.30. The van der Waals surface area contributed by atoms with E-state index in [0.29, 0.717) is 23.1 Å². The minimum absolute atomic E-state index is 0.00726. The van der Waals surface area contributed by atoms with Gasteiger partial charge in [-0.3, -0.25) is 0 Å². The predicted molar refractivity (Wildman–Crippen MR) is 96.7 cm³/mol. The largest absolute Gasteiger partial charge is 0.504 e. The van der Waals surface area contributed by atoms with Crippen LogP contribution in [0.3, 0.4) is 0 Å². The summed E-state index contributed by atoms with van der Waals surface area (Å²) < 4.78 is 9.15. The van der Waals surface area contributed by atoms with Crippen LogP contribution in [0.2, 0.25) is 0 Å². The number of aryl methyl sites for hydroxylation is 3. The molecule has 0 atom stereocenters. The second-order valence-electron chi connectivity index (χ2n) is 5.49. The molecule has 130 valence electrons. The maximum absolute atomic E-state index is 10.2. The SMILES string of the molecule is COc1cc(Br)cc(/C=N/n2c(C)nnc2-n2nc(C)cc2C)c1O. The Morgan fingerprint density at radius 3 is 2.60 bits per heavy atom. The molecule has 0 aliphatic heterocycles. The molecule has 25 heavy (non-hydrogen) atoms. The molecule has 0 saturated carbocycles. The quantitative estimate of drug-likeness (QED) is 0.675. The molecule has 0 radical (unpaired) electrons. The lowest BCUT2D eigenvalue weighted by Gasteiger charge is -2.07. The minimum atomic E-state index is 0.00726. The van der Waals surface area contributed by atoms with Crippen LogP contribution in [0.15, 0.2) is 27.8 Å². The van der Waals surface area contributed by atoms with E-state index >= 15 is 0 Å². The van der Waals surface area contributed by atoms with Crippen molar-refractivity contribution in [2.45, 2.75) is 20.8 Å². The Bertz CT molecular complexity index is 960. The molecule has 9 heteroatoms. The van der Waals surface area contributed by atoms with Crippen molar-refractivity contribution in [3.05, 3.63) is 45.4 Å². The fraction of sp³-hybridized carbons (Fsp3) is 0.250. The molecule has 0 unspecified atom stereocenters. The van der Waals surface area contributed by atoms with Crippen molar-refractivity contribution in [2.24, 2.45) is 5.10 Å². The number of aromatic hydroxyl groups is 1. The van der Waals surface area contributed by atoms with Gasteiger partial charge in [-0.05, 0) is 39.0 Å². The summed E-state index contributed by atoms with van der Waals surface area (Å²) in [6, 6.07) is 5.37. The number of halogens is 1. The Hall–Kier alpha value is -2.68. The lowest BCUT2D eigenvalue weighted by Crippen LogP contribution is -2.08. The molecule has 3 rings (SSSR count). The van der Waals surface area contributed by atoms with Gasteiger partial charge in [0.15, 0.2) is 17.3 Å². The number of hydrogen-bond donors (Lipinski definition) is 1. The van der Waals surface area contributed by atoms with Gasteiger partial charge in [-0.25, -0.2) is 4.68 Å². The normalized spacial score (nSPS) is 11.4. The highest BCUT2D eigenvalue weighted by Gasteiger charge is 2.14. The highest BCUT2D eigenvalue weighted by Crippen LogP contribution is 2.32. The van der Waals surface area contributed by atoms with Crippen molar-refractivity contribution in [3.8, 4) is 17.4 Å². The zero-order valence-electron chi connectivity index (χ0n) is 14.2. The third-order valence-corrected chi connectivity index (χ3v) is 4.04. The van der Waals surface area contributed by atoms with E-state index in [2.05, 4.69) is 36.3 Å². The number of methoxy groups -OCH3 is 1. The first kappa shape index (κ1) is 17.2. The van der Waals surface area contributed by atoms with E-state index in [4.69, 9.17) is 4.74 Å². The smallest absolute Gasteiger partial charge is 0.273 e. The van der Waals surface area contributed by atoms with Gasteiger partial charge in [0, 0.05) is 15.7 Å². The van der Waals surface area contributed by atoms with Crippen LogP contribution in [0.4, 0.5) is 0 Å². The minimum Gasteiger partial charge on any atom is -0.504 e. The van der Waals surface area contributed by atoms with Crippen LogP contribution < -0.4 is 4.74 Å². The van der Waals surface area contributed by atoms with Crippen LogP contribution in [0, 0.1) is 20.8 Å². The highest BCUT2D eigenvalue weighted by molar-refractivity contribution is 9.10. The fourth-order valence-corrected chi connectivity index (χ4v) is 2.87. The molecule has 3 aromatic rings. The van der Waals surface area contributed by atoms with Crippen LogP contribution >= 0.6 is 15.9 Å². The summed E-state index contributed by atoms with van der Waals surface area (Å²) in [6.07, 6.45) is 1.52. The molecular formula is C16H17BrN6O2. The molecule has 0 fully saturated rings. The van der Waals surface area contributed by atoms with E-state index in [0.717, 1.165) is 15.9 Å². The maximum Gasteiger partial charge on any atom is 0.273 e. The van der Waals surface area contributed by atoms with E-state index in [9.17, 15) is 5.11 Å². The second-order valence-corrected chi connectivity index (χ2v) is 6.40. The van der Waals surface area contributed by atoms with Crippen LogP contribution in [0.1, 0.15) is 22.8 Å². The number of rotatable bonds is 4. The Morgan fingerprint density at radius 2 is 1.96 bits per heavy atom. The molecule has 0 bridgehead atoms. The second kappa shape index (κ2) is 6.67. The average molecular weight is 405 g/mol. The van der Waals surface area contributed by atoms with Crippen LogP contribution in [-0.2, 0) is 0 Å². The van der Waals surface area contributed by atoms with Crippen molar-refractivity contribution in [1.29, 1.82) is 0 Å². The van der Waals surface area contributed by atoms with E-state index in [-0.39, 0.29) is 5.75 Å². The van der Waals surface area contributed by atoms with Gasteiger partial charge in [-0.15, -0.1) is 10.2 Å². The van der Waals surface area contributed by atoms with Crippen molar-refractivity contribution in [2.75, 3.05) is 7.11 Å². The van der Waals surface area contributed by atoms with Gasteiger partial charge in [-0.2, -0.15) is 14.9 Å². The zero-order chi connectivity index (χ0) is 18.1. The third kappa shape index (κ3) is 3.27. The first-order valence-corrected chi connectivity index (χ1v) is 8.26. The maximum atomic E-state index is 10.2. The lowest BCUT2D eigenvalue weighted by molar-refractivity contribution is 0.373. The Balaban J connectivity index is 2.05. The molecule has 2 aromatic heterocycles. The van der Waals surface area contributed by atoms with Crippen LogP contribution in [0.25, 0.3) is 5.95 Å². The number of benzene rings is 1. The summed E-state index contributed by atoms with van der Waals surface area (Å²) in [5, 5.41) is 27.3. The Kier molecular flexibility index (Phi) is 4.58. The molecule has 0 spiro atoms. The Morgan fingerprint density at radius 1 is 1.20 bits per heavy atom. The summed E-state index contributed by atoms with van der Waals surface area (Å²) in [6.45, 7) is 5.64. The van der Waals surface area contributed by atoms with Gasteiger partial charge < -0.3 is 9.84 Å². The predicted octanol–water partition coefficient (Wildman–Crippen LogP) is 2.75. The average Bonchev–Trinajstić information content (AvgIpc) is 3.09. The summed E-state index contributed by atoms with van der Waals surface area (Å²) in [7, 11) is 1.49. The summed E-state index contributed by atoms with van der Waals surface area (Å²) in [5.74, 6) is 1.43. The van der Waals surface area contributed by atoms with E-state index in [1.807, 2.05) is 19.9 Å². The molecule has 8 nitrogen and oxygen atoms in total. The molecule has 0 saturated heterocycles. The van der Waals surface area contributed by atoms with Gasteiger partial charge in [0.05, 0.1) is 19.0 Å². The van der Waals surface area contributed by atoms with Gasteiger partial charge >= 0.3 is 0 Å². The number of hydrogen-bond acceptors (Lipinski definition) is 6. The van der Waals surface area contributed by atoms with Crippen molar-refractivity contribution < 1.29 is 9.84 Å². The molecule has 0 aliphatic carbocycles. The van der Waals surface area contributed by atoms with Crippen LogP contribution in [0.5, 0.6) is 11.5 Å². The summed E-state index contributed by atoms with van der Waals surface area (Å²) in [4.78, 5) is 0. The highest BCUT2D eigenvalue weighted by atomic mass is 79.9. The van der Waals surface area contributed by atoms with Gasteiger partial charge in [0.1, 0.15) is 0 Å². The monoisotopic (exact) mass is 404 g/mol. The number of phenolic OH excluding ortho intramolecular Hbond substituents is 1. The molecule has 1 N–H and O–H groups in total. The van der Waals surface area contributed by atoms with Gasteiger partial charge in [-0.1, -0.05) is 15.9 Å². The molecule has 1 aromatic carbocycles. The first-order chi connectivity index (χ1) is 11.9. The Labute approximate surface area is 152 Å². The zero-order valence-corrected chi connectivity index (χ0v) is 15.8. The van der Waals surface area contributed by atoms with E-state index < -0.39 is 0 Å². The topological polar surface area (TPSA) is 90.4 Å². The number of phenols is 1. The van der Waals surface area contributed by atoms with Crippen molar-refractivity contribution in [1.82, 2.24) is 24.7 Å². The number of ether oxygens (including phenoxy) is 1. The molecule has 0 amide bonds. The first-order valence-electron chi connectivity index (χ1n) is 7.47. The fourth-order valence-electron chi connectivity index (χ4n) is 2.41. The molecule has 2 heterocycles. The molecular weight excluding hydrogens is 388 g/mol. The van der Waals surface area contributed by atoms with Crippen LogP contribution in [-0.4, -0.2) is 43.1 Å². The number of aromatic nitrogens is 5. The van der Waals surface area contributed by atoms with Gasteiger partial charge in [0.2, 0.25) is 0 Å². The van der Waals surface area contributed by atoms with E-state index in [1.54, 1.807) is 28.4 Å². The lowest BCUT2D eigenvalue weighted by atomic mass is 10.2.